The van der Waals surface area contributed by atoms with E-state index in [2.05, 4.69) is 36.4 Å². The number of nitrogens with two attached hydrogens (primary N) is 1. The van der Waals surface area contributed by atoms with E-state index in [9.17, 15) is 5.11 Å². The molecule has 2 heterocycles. The third-order valence-corrected chi connectivity index (χ3v) is 6.51. The van der Waals surface area contributed by atoms with Crippen LogP contribution in [0.4, 0.5) is 0 Å². The van der Waals surface area contributed by atoms with Gasteiger partial charge in [0.1, 0.15) is 23.9 Å². The minimum Gasteiger partial charge on any atom is -0.387 e. The molecule has 0 spiro atoms. The van der Waals surface area contributed by atoms with Gasteiger partial charge >= 0.3 is 0 Å². The fourth-order valence-electron chi connectivity index (χ4n) is 4.95. The molecule has 0 aromatic heterocycles. The summed E-state index contributed by atoms with van der Waals surface area (Å²) in [5, 5.41) is 10.9. The first-order chi connectivity index (χ1) is 16.4. The van der Waals surface area contributed by atoms with Crippen LogP contribution in [0.2, 0.25) is 0 Å². The van der Waals surface area contributed by atoms with Crippen LogP contribution in [0.15, 0.2) is 91.0 Å². The van der Waals surface area contributed by atoms with E-state index in [1.165, 1.54) is 0 Å². The van der Waals surface area contributed by atoms with Crippen molar-refractivity contribution in [3.05, 3.63) is 108 Å². The molecule has 5 rings (SSSR count). The monoisotopic (exact) mass is 461 g/mol. The molecule has 2 aliphatic rings. The molecule has 34 heavy (non-hydrogen) atoms. The van der Waals surface area contributed by atoms with Crippen LogP contribution < -0.4 is 5.73 Å². The number of benzene rings is 3. The van der Waals surface area contributed by atoms with Crippen LogP contribution >= 0.6 is 0 Å². The molecule has 3 aromatic carbocycles. The van der Waals surface area contributed by atoms with E-state index in [1.54, 1.807) is 13.8 Å². The zero-order valence-electron chi connectivity index (χ0n) is 19.4. The van der Waals surface area contributed by atoms with Gasteiger partial charge in [-0.05, 0) is 30.5 Å². The first kappa shape index (κ1) is 23.2. The highest BCUT2D eigenvalue weighted by atomic mass is 16.8. The molecular weight excluding hydrogens is 430 g/mol. The minimum atomic E-state index is -0.912. The molecule has 3 aromatic rings. The Bertz CT molecular complexity index is 979. The molecule has 6 heteroatoms. The molecule has 0 aliphatic carbocycles. The Hall–Kier alpha value is -2.58. The molecule has 2 saturated heterocycles. The number of hydrogen-bond donors (Lipinski definition) is 2. The third-order valence-electron chi connectivity index (χ3n) is 6.51. The smallest absolute Gasteiger partial charge is 0.190 e. The molecule has 5 atom stereocenters. The molecular formula is C28H31NO5. The minimum absolute atomic E-state index is 0.142. The second kappa shape index (κ2) is 9.23. The van der Waals surface area contributed by atoms with Gasteiger partial charge in [-0.2, -0.15) is 0 Å². The third kappa shape index (κ3) is 4.18. The summed E-state index contributed by atoms with van der Waals surface area (Å²) in [5.41, 5.74) is 8.62. The predicted octanol–water partition coefficient (Wildman–Crippen LogP) is 3.56. The van der Waals surface area contributed by atoms with Gasteiger partial charge in [-0.25, -0.2) is 0 Å². The summed E-state index contributed by atoms with van der Waals surface area (Å²) in [7, 11) is 0. The van der Waals surface area contributed by atoms with Crippen LogP contribution in [-0.4, -0.2) is 48.1 Å². The summed E-state index contributed by atoms with van der Waals surface area (Å²) in [6.07, 6.45) is -2.81. The molecule has 0 saturated carbocycles. The van der Waals surface area contributed by atoms with E-state index in [1.807, 2.05) is 54.6 Å². The number of rotatable bonds is 7. The fourth-order valence-corrected chi connectivity index (χ4v) is 4.95. The van der Waals surface area contributed by atoms with Crippen molar-refractivity contribution in [2.45, 2.75) is 55.9 Å². The van der Waals surface area contributed by atoms with Gasteiger partial charge in [0.05, 0.1) is 12.6 Å². The lowest BCUT2D eigenvalue weighted by Gasteiger charge is -2.37. The van der Waals surface area contributed by atoms with Crippen LogP contribution in [0.5, 0.6) is 0 Å². The van der Waals surface area contributed by atoms with Crippen molar-refractivity contribution in [2.24, 2.45) is 5.73 Å². The lowest BCUT2D eigenvalue weighted by molar-refractivity contribution is -0.218. The van der Waals surface area contributed by atoms with Gasteiger partial charge in [-0.3, -0.25) is 0 Å². The lowest BCUT2D eigenvalue weighted by atomic mass is 9.80. The summed E-state index contributed by atoms with van der Waals surface area (Å²) >= 11 is 0. The summed E-state index contributed by atoms with van der Waals surface area (Å²) < 4.78 is 24.4. The van der Waals surface area contributed by atoms with Gasteiger partial charge < -0.3 is 29.8 Å². The molecule has 0 unspecified atom stereocenters. The summed E-state index contributed by atoms with van der Waals surface area (Å²) in [4.78, 5) is 0. The van der Waals surface area contributed by atoms with Crippen molar-refractivity contribution in [2.75, 3.05) is 6.61 Å². The summed E-state index contributed by atoms with van der Waals surface area (Å²) in [5.74, 6) is -0.801. The molecule has 0 bridgehead atoms. The Morgan fingerprint density at radius 2 is 1.32 bits per heavy atom. The van der Waals surface area contributed by atoms with Gasteiger partial charge in [0, 0.05) is 0 Å². The van der Waals surface area contributed by atoms with Crippen molar-refractivity contribution in [3.8, 4) is 0 Å². The van der Waals surface area contributed by atoms with Crippen molar-refractivity contribution < 1.29 is 24.1 Å². The standard InChI is InChI=1S/C28H31NO5/c1-27(2)33-25-23(30)24(32-26(25)34-27)22(29)18-31-28(19-12-6-3-7-13-19,20-14-8-4-9-15-20)21-16-10-5-11-17-21/h3-17,22-26,30H,18,29H2,1-2H3/t22-,23+,24+,25-,26-/m1/s1. The second-order valence-electron chi connectivity index (χ2n) is 9.31. The number of ether oxygens (including phenoxy) is 4. The highest BCUT2D eigenvalue weighted by Gasteiger charge is 2.55. The molecule has 2 aliphatic heterocycles. The van der Waals surface area contributed by atoms with Crippen LogP contribution in [0.3, 0.4) is 0 Å². The van der Waals surface area contributed by atoms with E-state index < -0.39 is 42.0 Å². The molecule has 6 nitrogen and oxygen atoms in total. The van der Waals surface area contributed by atoms with Crippen molar-refractivity contribution >= 4 is 0 Å². The molecule has 0 amide bonds. The van der Waals surface area contributed by atoms with E-state index in [0.29, 0.717) is 0 Å². The van der Waals surface area contributed by atoms with Crippen LogP contribution in [0.1, 0.15) is 30.5 Å². The van der Waals surface area contributed by atoms with Crippen LogP contribution in [0, 0.1) is 0 Å². The SMILES string of the molecule is CC1(C)O[C@H]2O[C@@H]([C@H](N)COC(c3ccccc3)(c3ccccc3)c3ccccc3)[C@H](O)[C@H]2O1. The quantitative estimate of drug-likeness (QED) is 0.524. The number of fused-ring (bicyclic) bond motifs is 1. The van der Waals surface area contributed by atoms with E-state index in [4.69, 9.17) is 24.7 Å². The average Bonchev–Trinajstić information content (AvgIpc) is 3.33. The first-order valence-corrected chi connectivity index (χ1v) is 11.7. The number of aliphatic hydroxyl groups excluding tert-OH is 1. The average molecular weight is 462 g/mol. The molecule has 2 fully saturated rings. The Morgan fingerprint density at radius 3 is 1.76 bits per heavy atom. The maximum Gasteiger partial charge on any atom is 0.190 e. The number of aliphatic hydroxyl groups is 1. The zero-order chi connectivity index (χ0) is 23.8. The van der Waals surface area contributed by atoms with E-state index >= 15 is 0 Å². The van der Waals surface area contributed by atoms with Crippen molar-refractivity contribution in [3.63, 3.8) is 0 Å². The van der Waals surface area contributed by atoms with Gasteiger partial charge in [0.25, 0.3) is 0 Å². The topological polar surface area (TPSA) is 83.2 Å². The maximum atomic E-state index is 10.9. The zero-order valence-corrected chi connectivity index (χ0v) is 19.4. The number of hydrogen-bond acceptors (Lipinski definition) is 6. The molecule has 178 valence electrons. The van der Waals surface area contributed by atoms with Crippen molar-refractivity contribution in [1.82, 2.24) is 0 Å². The Labute approximate surface area is 200 Å². The first-order valence-electron chi connectivity index (χ1n) is 11.7. The normalized spacial score (nSPS) is 26.8. The Balaban J connectivity index is 1.46. The van der Waals surface area contributed by atoms with Gasteiger partial charge in [0.15, 0.2) is 12.1 Å². The lowest BCUT2D eigenvalue weighted by Crippen LogP contribution is -2.49. The van der Waals surface area contributed by atoms with Crippen molar-refractivity contribution in [1.29, 1.82) is 0 Å². The predicted molar refractivity (Wildman–Crippen MR) is 128 cm³/mol. The largest absolute Gasteiger partial charge is 0.387 e. The molecule has 0 radical (unpaired) electrons. The highest BCUT2D eigenvalue weighted by molar-refractivity contribution is 5.47. The summed E-state index contributed by atoms with van der Waals surface area (Å²) in [6.45, 7) is 3.74. The van der Waals surface area contributed by atoms with Crippen LogP contribution in [0.25, 0.3) is 0 Å². The fraction of sp³-hybridized carbons (Fsp3) is 0.357. The second-order valence-corrected chi connectivity index (χ2v) is 9.31. The van der Waals surface area contributed by atoms with E-state index in [0.717, 1.165) is 16.7 Å². The Kier molecular flexibility index (Phi) is 6.29. The van der Waals surface area contributed by atoms with E-state index in [-0.39, 0.29) is 6.61 Å². The van der Waals surface area contributed by atoms with Crippen LogP contribution in [-0.2, 0) is 24.5 Å². The van der Waals surface area contributed by atoms with Gasteiger partial charge in [-0.1, -0.05) is 91.0 Å². The molecule has 3 N–H and O–H groups in total. The van der Waals surface area contributed by atoms with Gasteiger partial charge in [0.2, 0.25) is 0 Å². The summed E-state index contributed by atoms with van der Waals surface area (Å²) in [6, 6.07) is 29.7. The van der Waals surface area contributed by atoms with Gasteiger partial charge in [-0.15, -0.1) is 0 Å². The maximum absolute atomic E-state index is 10.9. The Morgan fingerprint density at radius 1 is 0.853 bits per heavy atom. The highest BCUT2D eigenvalue weighted by Crippen LogP contribution is 2.42.